The lowest BCUT2D eigenvalue weighted by atomic mass is 10.1. The third-order valence-corrected chi connectivity index (χ3v) is 6.50. The van der Waals surface area contributed by atoms with Gasteiger partial charge in [0.25, 0.3) is 0 Å². The highest BCUT2D eigenvalue weighted by Crippen LogP contribution is 2.44. The van der Waals surface area contributed by atoms with Crippen molar-refractivity contribution in [3.05, 3.63) is 64.3 Å². The van der Waals surface area contributed by atoms with Crippen molar-refractivity contribution in [1.82, 2.24) is 9.55 Å². The van der Waals surface area contributed by atoms with Crippen molar-refractivity contribution in [3.63, 3.8) is 0 Å². The molecular weight excluding hydrogens is 413 g/mol. The van der Waals surface area contributed by atoms with E-state index in [1.165, 1.54) is 12.3 Å². The lowest BCUT2D eigenvalue weighted by Crippen LogP contribution is -2.35. The number of aromatic nitrogens is 2. The smallest absolute Gasteiger partial charge is 0.341 e. The highest BCUT2D eigenvalue weighted by Gasteiger charge is 2.36. The number of hydrogen-bond acceptors (Lipinski definition) is 5. The summed E-state index contributed by atoms with van der Waals surface area (Å²) in [5.41, 5.74) is 0.00159. The van der Waals surface area contributed by atoms with Crippen molar-refractivity contribution in [3.8, 4) is 5.88 Å². The zero-order chi connectivity index (χ0) is 22.4. The highest BCUT2D eigenvalue weighted by atomic mass is 19.1. The average Bonchev–Trinajstić information content (AvgIpc) is 3.32. The van der Waals surface area contributed by atoms with Gasteiger partial charge in [-0.25, -0.2) is 14.2 Å². The Morgan fingerprint density at radius 2 is 2.16 bits per heavy atom. The van der Waals surface area contributed by atoms with E-state index in [1.54, 1.807) is 18.3 Å². The van der Waals surface area contributed by atoms with Crippen LogP contribution < -0.4 is 15.1 Å². The molecule has 3 heterocycles. The molecule has 2 unspecified atom stereocenters. The summed E-state index contributed by atoms with van der Waals surface area (Å²) in [6.07, 6.45) is 5.73. The van der Waals surface area contributed by atoms with Crippen molar-refractivity contribution in [2.24, 2.45) is 5.92 Å². The number of hydrogen-bond donors (Lipinski definition) is 1. The van der Waals surface area contributed by atoms with Gasteiger partial charge in [0, 0.05) is 36.4 Å². The number of halogens is 1. The molecule has 0 spiro atoms. The predicted molar refractivity (Wildman–Crippen MR) is 118 cm³/mol. The summed E-state index contributed by atoms with van der Waals surface area (Å²) in [5.74, 6) is -0.926. The van der Waals surface area contributed by atoms with E-state index >= 15 is 4.39 Å². The number of carboxylic acid groups (broad SMARTS) is 1. The largest absolute Gasteiger partial charge is 0.477 e. The van der Waals surface area contributed by atoms with Crippen LogP contribution in [0.5, 0.6) is 5.88 Å². The van der Waals surface area contributed by atoms with Gasteiger partial charge in [-0.05, 0) is 43.4 Å². The molecule has 0 radical (unpaired) electrons. The van der Waals surface area contributed by atoms with Crippen LogP contribution in [0.3, 0.4) is 0 Å². The molecule has 1 N–H and O–H groups in total. The van der Waals surface area contributed by atoms with Gasteiger partial charge in [0.1, 0.15) is 18.0 Å². The quantitative estimate of drug-likeness (QED) is 0.630. The zero-order valence-corrected chi connectivity index (χ0v) is 17.7. The fourth-order valence-electron chi connectivity index (χ4n) is 4.64. The standard InChI is InChI=1S/C24H24FN3O4/c1-14-9-19(14)28-12-17(24(30)31)23(29)16-10-18(25)21(11-20(16)28)27-8-4-5-15(27)13-32-22-6-2-3-7-26-22/h2-3,6-7,10-12,14-15,19H,4-5,8-9,13H2,1H3,(H,30,31)/t14?,15-,19?/m1/s1. The van der Waals surface area contributed by atoms with E-state index in [0.717, 1.165) is 19.3 Å². The van der Waals surface area contributed by atoms with Crippen LogP contribution in [0.4, 0.5) is 10.1 Å². The molecule has 1 aliphatic heterocycles. The average molecular weight is 437 g/mol. The van der Waals surface area contributed by atoms with Crippen LogP contribution in [0, 0.1) is 11.7 Å². The third kappa shape index (κ3) is 3.59. The SMILES string of the molecule is CC1CC1n1cc(C(=O)O)c(=O)c2cc(F)c(N3CCC[C@@H]3COc3ccccn3)cc21. The number of benzene rings is 1. The topological polar surface area (TPSA) is 84.7 Å². The molecule has 2 fully saturated rings. The van der Waals surface area contributed by atoms with E-state index in [0.29, 0.717) is 36.2 Å². The minimum atomic E-state index is -1.30. The number of nitrogens with zero attached hydrogens (tertiary/aromatic N) is 3. The molecule has 1 saturated carbocycles. The van der Waals surface area contributed by atoms with Gasteiger partial charge in [-0.3, -0.25) is 4.79 Å². The van der Waals surface area contributed by atoms with Gasteiger partial charge < -0.3 is 19.3 Å². The third-order valence-electron chi connectivity index (χ3n) is 6.50. The summed E-state index contributed by atoms with van der Waals surface area (Å²) in [6, 6.07) is 8.42. The van der Waals surface area contributed by atoms with Crippen molar-refractivity contribution >= 4 is 22.6 Å². The van der Waals surface area contributed by atoms with Gasteiger partial charge in [-0.1, -0.05) is 13.0 Å². The van der Waals surface area contributed by atoms with Gasteiger partial charge in [0.2, 0.25) is 11.3 Å². The second-order valence-electron chi connectivity index (χ2n) is 8.65. The summed E-state index contributed by atoms with van der Waals surface area (Å²) in [7, 11) is 0. The Bertz CT molecular complexity index is 1240. The maximum absolute atomic E-state index is 15.3. The molecule has 1 aromatic carbocycles. The van der Waals surface area contributed by atoms with Crippen LogP contribution in [0.25, 0.3) is 10.9 Å². The highest BCUT2D eigenvalue weighted by molar-refractivity contribution is 5.93. The van der Waals surface area contributed by atoms with Crippen molar-refractivity contribution in [2.75, 3.05) is 18.1 Å². The number of rotatable bonds is 6. The van der Waals surface area contributed by atoms with Gasteiger partial charge in [0.15, 0.2) is 0 Å². The van der Waals surface area contributed by atoms with Crippen LogP contribution in [0.2, 0.25) is 0 Å². The fourth-order valence-corrected chi connectivity index (χ4v) is 4.64. The Hall–Kier alpha value is -3.42. The van der Waals surface area contributed by atoms with E-state index in [9.17, 15) is 14.7 Å². The second-order valence-corrected chi connectivity index (χ2v) is 8.65. The van der Waals surface area contributed by atoms with E-state index in [1.807, 2.05) is 21.6 Å². The maximum atomic E-state index is 15.3. The van der Waals surface area contributed by atoms with Crippen molar-refractivity contribution < 1.29 is 19.0 Å². The van der Waals surface area contributed by atoms with Crippen LogP contribution >= 0.6 is 0 Å². The second kappa shape index (κ2) is 7.93. The molecular formula is C24H24FN3O4. The molecule has 0 amide bonds. The number of anilines is 1. The summed E-state index contributed by atoms with van der Waals surface area (Å²) < 4.78 is 22.9. The Morgan fingerprint density at radius 3 is 2.84 bits per heavy atom. The van der Waals surface area contributed by atoms with Crippen LogP contribution in [-0.4, -0.2) is 39.8 Å². The maximum Gasteiger partial charge on any atom is 0.341 e. The van der Waals surface area contributed by atoms with E-state index in [2.05, 4.69) is 11.9 Å². The summed E-state index contributed by atoms with van der Waals surface area (Å²) in [5, 5.41) is 9.57. The molecule has 3 aromatic rings. The first-order valence-corrected chi connectivity index (χ1v) is 10.9. The first kappa shape index (κ1) is 20.5. The van der Waals surface area contributed by atoms with Crippen molar-refractivity contribution in [2.45, 2.75) is 38.3 Å². The molecule has 3 atom stereocenters. The lowest BCUT2D eigenvalue weighted by Gasteiger charge is -2.27. The van der Waals surface area contributed by atoms with Gasteiger partial charge in [-0.15, -0.1) is 0 Å². The molecule has 166 valence electrons. The lowest BCUT2D eigenvalue weighted by molar-refractivity contribution is 0.0694. The minimum absolute atomic E-state index is 0.0257. The number of pyridine rings is 2. The Kier molecular flexibility index (Phi) is 5.07. The normalized spacial score (nSPS) is 22.3. The van der Waals surface area contributed by atoms with Crippen LogP contribution in [0.15, 0.2) is 47.5 Å². The minimum Gasteiger partial charge on any atom is -0.477 e. The predicted octanol–water partition coefficient (Wildman–Crippen LogP) is 3.86. The molecule has 0 bridgehead atoms. The Morgan fingerprint density at radius 1 is 1.34 bits per heavy atom. The molecule has 1 saturated heterocycles. The number of carbonyl (C=O) groups is 1. The first-order chi connectivity index (χ1) is 15.4. The molecule has 2 aliphatic rings. The molecule has 8 heteroatoms. The van der Waals surface area contributed by atoms with Crippen LogP contribution in [0.1, 0.15) is 42.6 Å². The Labute approximate surface area is 184 Å². The monoisotopic (exact) mass is 437 g/mol. The van der Waals surface area contributed by atoms with Crippen LogP contribution in [-0.2, 0) is 0 Å². The molecule has 7 nitrogen and oxygen atoms in total. The van der Waals surface area contributed by atoms with E-state index in [-0.39, 0.29) is 23.0 Å². The number of aromatic carboxylic acids is 1. The summed E-state index contributed by atoms with van der Waals surface area (Å²) in [4.78, 5) is 30.5. The summed E-state index contributed by atoms with van der Waals surface area (Å²) in [6.45, 7) is 3.12. The zero-order valence-electron chi connectivity index (χ0n) is 17.7. The summed E-state index contributed by atoms with van der Waals surface area (Å²) >= 11 is 0. The molecule has 5 rings (SSSR count). The number of ether oxygens (including phenoxy) is 1. The van der Waals surface area contributed by atoms with Gasteiger partial charge in [0.05, 0.1) is 17.2 Å². The Balaban J connectivity index is 1.54. The molecule has 2 aromatic heterocycles. The van der Waals surface area contributed by atoms with E-state index in [4.69, 9.17) is 4.74 Å². The number of carboxylic acids is 1. The molecule has 1 aliphatic carbocycles. The first-order valence-electron chi connectivity index (χ1n) is 10.9. The van der Waals surface area contributed by atoms with Gasteiger partial charge >= 0.3 is 5.97 Å². The van der Waals surface area contributed by atoms with Crippen molar-refractivity contribution in [1.29, 1.82) is 0 Å². The van der Waals surface area contributed by atoms with E-state index < -0.39 is 17.2 Å². The number of fused-ring (bicyclic) bond motifs is 1. The van der Waals surface area contributed by atoms with Gasteiger partial charge in [-0.2, -0.15) is 0 Å². The molecule has 32 heavy (non-hydrogen) atoms. The fraction of sp³-hybridized carbons (Fsp3) is 0.375.